The van der Waals surface area contributed by atoms with E-state index in [9.17, 15) is 13.0 Å². The third-order valence-corrected chi connectivity index (χ3v) is 5.20. The maximum Gasteiger partial charge on any atom is 1.00 e. The van der Waals surface area contributed by atoms with Gasteiger partial charge < -0.3 is 9.29 Å². The van der Waals surface area contributed by atoms with E-state index >= 15 is 0 Å². The number of benzene rings is 2. The molecule has 0 unspecified atom stereocenters. The van der Waals surface area contributed by atoms with E-state index in [4.69, 9.17) is 4.74 Å². The van der Waals surface area contributed by atoms with E-state index in [1.165, 1.54) is 38.2 Å². The maximum absolute atomic E-state index is 11.6. The zero-order valence-electron chi connectivity index (χ0n) is 16.3. The summed E-state index contributed by atoms with van der Waals surface area (Å²) in [5, 5.41) is 0. The topological polar surface area (TPSA) is 66.4 Å². The molecule has 2 aromatic rings. The molecule has 0 radical (unpaired) electrons. The van der Waals surface area contributed by atoms with E-state index < -0.39 is 10.1 Å². The summed E-state index contributed by atoms with van der Waals surface area (Å²) in [4.78, 5) is -0.290. The summed E-state index contributed by atoms with van der Waals surface area (Å²) in [6.07, 6.45) is 8.91. The first-order valence-corrected chi connectivity index (χ1v) is 10.7. The fraction of sp³-hybridized carbons (Fsp3) is 0.429. The Bertz CT molecular complexity index is 776. The van der Waals surface area contributed by atoms with Crippen LogP contribution in [0.2, 0.25) is 0 Å². The molecule has 0 aromatic heterocycles. The SMILES string of the molecule is CCCCCCCCCc1cccc(S(=O)(=O)[O-])c1Oc1ccccc1.[Na+]. The molecular formula is C21H27NaO4S. The summed E-state index contributed by atoms with van der Waals surface area (Å²) >= 11 is 0. The molecule has 6 heteroatoms. The average Bonchev–Trinajstić information content (AvgIpc) is 2.62. The largest absolute Gasteiger partial charge is 1.00 e. The average molecular weight is 399 g/mol. The van der Waals surface area contributed by atoms with Crippen LogP contribution in [0.1, 0.15) is 57.4 Å². The second-order valence-electron chi connectivity index (χ2n) is 6.48. The van der Waals surface area contributed by atoms with E-state index in [1.807, 2.05) is 12.1 Å². The minimum Gasteiger partial charge on any atom is -0.744 e. The Morgan fingerprint density at radius 2 is 1.48 bits per heavy atom. The molecule has 0 atom stereocenters. The van der Waals surface area contributed by atoms with Crippen molar-refractivity contribution < 1.29 is 47.3 Å². The van der Waals surface area contributed by atoms with Gasteiger partial charge in [0, 0.05) is 0 Å². The van der Waals surface area contributed by atoms with Crippen molar-refractivity contribution in [1.29, 1.82) is 0 Å². The Labute approximate surface area is 185 Å². The van der Waals surface area contributed by atoms with Crippen molar-refractivity contribution >= 4 is 10.1 Å². The van der Waals surface area contributed by atoms with Gasteiger partial charge in [-0.25, -0.2) is 8.42 Å². The van der Waals surface area contributed by atoms with Crippen LogP contribution >= 0.6 is 0 Å². The van der Waals surface area contributed by atoms with Gasteiger partial charge in [0.05, 0.1) is 4.90 Å². The van der Waals surface area contributed by atoms with Crippen molar-refractivity contribution in [1.82, 2.24) is 0 Å². The molecule has 0 saturated carbocycles. The number of unbranched alkanes of at least 4 members (excludes halogenated alkanes) is 6. The summed E-state index contributed by atoms with van der Waals surface area (Å²) in [6.45, 7) is 2.20. The van der Waals surface area contributed by atoms with Gasteiger partial charge in [0.15, 0.2) is 0 Å². The summed E-state index contributed by atoms with van der Waals surface area (Å²) in [6, 6.07) is 13.7. The molecule has 0 bridgehead atoms. The van der Waals surface area contributed by atoms with Gasteiger partial charge in [0.25, 0.3) is 0 Å². The summed E-state index contributed by atoms with van der Waals surface area (Å²) in [7, 11) is -4.60. The Hall–Kier alpha value is -0.850. The number of hydrogen-bond acceptors (Lipinski definition) is 4. The van der Waals surface area contributed by atoms with E-state index in [0.717, 1.165) is 18.4 Å². The Kier molecular flexibility index (Phi) is 11.3. The fourth-order valence-electron chi connectivity index (χ4n) is 2.95. The van der Waals surface area contributed by atoms with Crippen molar-refractivity contribution in [3.8, 4) is 11.5 Å². The molecular weight excluding hydrogens is 371 g/mol. The van der Waals surface area contributed by atoms with Gasteiger partial charge >= 0.3 is 29.6 Å². The van der Waals surface area contributed by atoms with Gasteiger partial charge in [0.1, 0.15) is 21.6 Å². The third-order valence-electron chi connectivity index (χ3n) is 4.34. The van der Waals surface area contributed by atoms with Crippen LogP contribution in [0.25, 0.3) is 0 Å². The van der Waals surface area contributed by atoms with Crippen molar-refractivity contribution in [2.45, 2.75) is 63.2 Å². The van der Waals surface area contributed by atoms with Gasteiger partial charge in [-0.05, 0) is 36.6 Å². The second kappa shape index (κ2) is 12.6. The molecule has 0 heterocycles. The van der Waals surface area contributed by atoms with E-state index in [0.29, 0.717) is 12.2 Å². The predicted octanol–water partition coefficient (Wildman–Crippen LogP) is 2.68. The van der Waals surface area contributed by atoms with Crippen molar-refractivity contribution in [2.75, 3.05) is 0 Å². The van der Waals surface area contributed by atoms with Crippen molar-refractivity contribution in [3.63, 3.8) is 0 Å². The molecule has 4 nitrogen and oxygen atoms in total. The zero-order valence-corrected chi connectivity index (χ0v) is 19.1. The molecule has 0 saturated heterocycles. The Morgan fingerprint density at radius 1 is 0.852 bits per heavy atom. The molecule has 0 N–H and O–H groups in total. The van der Waals surface area contributed by atoms with Crippen LogP contribution in [-0.2, 0) is 16.5 Å². The van der Waals surface area contributed by atoms with Crippen LogP contribution in [0.3, 0.4) is 0 Å². The molecule has 2 rings (SSSR count). The van der Waals surface area contributed by atoms with E-state index in [-0.39, 0.29) is 40.2 Å². The Morgan fingerprint density at radius 3 is 2.11 bits per heavy atom. The Balaban J connectivity index is 0.00000364. The molecule has 0 aliphatic carbocycles. The normalized spacial score (nSPS) is 11.0. The first-order chi connectivity index (χ1) is 12.5. The number of aryl methyl sites for hydroxylation is 1. The first kappa shape index (κ1) is 24.2. The van der Waals surface area contributed by atoms with E-state index in [1.54, 1.807) is 30.3 Å². The van der Waals surface area contributed by atoms with Crippen LogP contribution in [0.4, 0.5) is 0 Å². The number of para-hydroxylation sites is 2. The monoisotopic (exact) mass is 398 g/mol. The van der Waals surface area contributed by atoms with Gasteiger partial charge in [-0.1, -0.05) is 75.8 Å². The minimum atomic E-state index is -4.60. The molecule has 27 heavy (non-hydrogen) atoms. The second-order valence-corrected chi connectivity index (χ2v) is 7.83. The summed E-state index contributed by atoms with van der Waals surface area (Å²) in [5.41, 5.74) is 0.763. The summed E-state index contributed by atoms with van der Waals surface area (Å²) < 4.78 is 40.7. The number of ether oxygens (including phenoxy) is 1. The molecule has 0 aliphatic rings. The predicted molar refractivity (Wildman–Crippen MR) is 103 cm³/mol. The number of hydrogen-bond donors (Lipinski definition) is 0. The molecule has 142 valence electrons. The standard InChI is InChI=1S/C21H28O4S.Na/c1-2-3-4-5-6-7-9-13-18-14-12-17-20(26(22,23)24)21(18)25-19-15-10-8-11-16-19;/h8,10-12,14-17H,2-7,9,13H2,1H3,(H,22,23,24);/q;+1/p-1. The molecule has 2 aromatic carbocycles. The van der Waals surface area contributed by atoms with E-state index in [2.05, 4.69) is 6.92 Å². The van der Waals surface area contributed by atoms with Crippen LogP contribution in [0.5, 0.6) is 11.5 Å². The fourth-order valence-corrected chi connectivity index (χ4v) is 3.59. The molecule has 0 aliphatic heterocycles. The smallest absolute Gasteiger partial charge is 0.744 e. The molecule has 0 spiro atoms. The van der Waals surface area contributed by atoms with Crippen LogP contribution < -0.4 is 34.3 Å². The van der Waals surface area contributed by atoms with Gasteiger partial charge in [-0.2, -0.15) is 0 Å². The van der Waals surface area contributed by atoms with Crippen LogP contribution in [0, 0.1) is 0 Å². The number of rotatable bonds is 11. The molecule has 0 amide bonds. The molecule has 0 fully saturated rings. The van der Waals surface area contributed by atoms with Gasteiger partial charge in [-0.3, -0.25) is 0 Å². The zero-order chi connectivity index (χ0) is 18.8. The maximum atomic E-state index is 11.6. The van der Waals surface area contributed by atoms with Crippen molar-refractivity contribution in [3.05, 3.63) is 54.1 Å². The third kappa shape index (κ3) is 8.36. The first-order valence-electron chi connectivity index (χ1n) is 9.33. The summed E-state index contributed by atoms with van der Waals surface area (Å²) in [5.74, 6) is 0.684. The van der Waals surface area contributed by atoms with Crippen molar-refractivity contribution in [2.24, 2.45) is 0 Å². The quantitative estimate of drug-likeness (QED) is 0.332. The van der Waals surface area contributed by atoms with Crippen LogP contribution in [0.15, 0.2) is 53.4 Å². The minimum absolute atomic E-state index is 0. The van der Waals surface area contributed by atoms with Gasteiger partial charge in [0.2, 0.25) is 0 Å². The van der Waals surface area contributed by atoms with Gasteiger partial charge in [-0.15, -0.1) is 0 Å². The van der Waals surface area contributed by atoms with Crippen LogP contribution in [-0.4, -0.2) is 13.0 Å².